The lowest BCUT2D eigenvalue weighted by Crippen LogP contribution is -2.61. The number of carboxylic acid groups (broad SMARTS) is 1. The first-order chi connectivity index (χ1) is 29.2. The second-order valence-electron chi connectivity index (χ2n) is 17.1. The van der Waals surface area contributed by atoms with Crippen molar-refractivity contribution in [2.24, 2.45) is 23.5 Å². The van der Waals surface area contributed by atoms with Crippen LogP contribution in [0.3, 0.4) is 0 Å². The summed E-state index contributed by atoms with van der Waals surface area (Å²) in [6, 6.07) is -9.91. The Hall–Kier alpha value is -4.54. The van der Waals surface area contributed by atoms with Crippen molar-refractivity contribution in [3.05, 3.63) is 0 Å². The molecule has 8 amide bonds. The summed E-state index contributed by atoms with van der Waals surface area (Å²) in [7, 11) is 0. The summed E-state index contributed by atoms with van der Waals surface area (Å²) >= 11 is 1.39. The molecule has 13 N–H and O–H groups in total. The summed E-state index contributed by atoms with van der Waals surface area (Å²) in [6.45, 7) is 15.9. The molecule has 0 aliphatic rings. The van der Waals surface area contributed by atoms with E-state index in [1.165, 1.54) is 32.5 Å². The minimum absolute atomic E-state index is 0.0445. The van der Waals surface area contributed by atoms with E-state index in [2.05, 4.69) is 42.5 Å². The third-order valence-corrected chi connectivity index (χ3v) is 10.2. The Bertz CT molecular complexity index is 1530. The Balaban J connectivity index is 5.93. The Kier molecular flexibility index (Phi) is 27.6. The van der Waals surface area contributed by atoms with Gasteiger partial charge in [0.25, 0.3) is 0 Å². The lowest BCUT2D eigenvalue weighted by molar-refractivity contribution is -0.142. The topological polar surface area (TPSA) is 337 Å². The summed E-state index contributed by atoms with van der Waals surface area (Å²) in [5.74, 6) is -7.36. The van der Waals surface area contributed by atoms with E-state index >= 15 is 0 Å². The van der Waals surface area contributed by atoms with Gasteiger partial charge in [0.1, 0.15) is 48.3 Å². The fraction of sp³-hybridized carbons (Fsp3) is 0.780. The number of amides is 8. The van der Waals surface area contributed by atoms with Crippen LogP contribution in [0.15, 0.2) is 0 Å². The SMILES string of the molecule is CCC[C@H](NC(=O)[C@H](CCSC)NC(=O)[C@@H](NC(=O)[C@H](CC(C)C)NC(=O)[C@H](CC(C)C)NC(=O)CNC(=O)[C@H](C)NC(=O)[C@H](CC(C)C)NC(=O)[C@@H](N)[C@@H](C)O)[C@@H](C)O)C(=O)O. The van der Waals surface area contributed by atoms with Gasteiger partial charge in [-0.15, -0.1) is 0 Å². The first kappa shape index (κ1) is 58.5. The highest BCUT2D eigenvalue weighted by atomic mass is 32.2. The van der Waals surface area contributed by atoms with Crippen LogP contribution >= 0.6 is 11.8 Å². The molecule has 21 nitrogen and oxygen atoms in total. The first-order valence-electron chi connectivity index (χ1n) is 21.5. The number of nitrogens with two attached hydrogens (primary N) is 1. The predicted octanol–water partition coefficient (Wildman–Crippen LogP) is -1.62. The molecule has 0 aliphatic carbocycles. The minimum atomic E-state index is -1.59. The molecule has 0 radical (unpaired) electrons. The predicted molar refractivity (Wildman–Crippen MR) is 237 cm³/mol. The molecule has 22 heteroatoms. The van der Waals surface area contributed by atoms with Crippen molar-refractivity contribution in [2.75, 3.05) is 18.6 Å². The zero-order chi connectivity index (χ0) is 48.7. The van der Waals surface area contributed by atoms with E-state index in [0.717, 1.165) is 0 Å². The van der Waals surface area contributed by atoms with Crippen LogP contribution in [-0.4, -0.2) is 148 Å². The molecule has 0 aliphatic heterocycles. The third-order valence-electron chi connectivity index (χ3n) is 9.53. The van der Waals surface area contributed by atoms with Crippen molar-refractivity contribution in [3.8, 4) is 0 Å². The molecule has 63 heavy (non-hydrogen) atoms. The zero-order valence-corrected chi connectivity index (χ0v) is 39.5. The van der Waals surface area contributed by atoms with Gasteiger partial charge in [-0.1, -0.05) is 54.9 Å². The van der Waals surface area contributed by atoms with Crippen LogP contribution in [0.25, 0.3) is 0 Å². The Labute approximate surface area is 375 Å². The number of carboxylic acids is 1. The lowest BCUT2D eigenvalue weighted by atomic mass is 9.99. The number of rotatable bonds is 30. The highest BCUT2D eigenvalue weighted by Gasteiger charge is 2.35. The molecule has 0 spiro atoms. The van der Waals surface area contributed by atoms with Gasteiger partial charge in [-0.2, -0.15) is 11.8 Å². The van der Waals surface area contributed by atoms with Crippen LogP contribution in [0.5, 0.6) is 0 Å². The maximum atomic E-state index is 13.7. The average molecular weight is 918 g/mol. The normalized spacial score (nSPS) is 16.1. The van der Waals surface area contributed by atoms with E-state index < -0.39 is 120 Å². The number of carbonyl (C=O) groups excluding carboxylic acids is 8. The van der Waals surface area contributed by atoms with Crippen LogP contribution in [0.2, 0.25) is 0 Å². The van der Waals surface area contributed by atoms with Crippen molar-refractivity contribution in [3.63, 3.8) is 0 Å². The van der Waals surface area contributed by atoms with E-state index in [-0.39, 0.29) is 49.9 Å². The fourth-order valence-corrected chi connectivity index (χ4v) is 6.53. The van der Waals surface area contributed by atoms with E-state index in [1.54, 1.807) is 40.9 Å². The number of thioether (sulfide) groups is 1. The van der Waals surface area contributed by atoms with Gasteiger partial charge in [0, 0.05) is 0 Å². The number of aliphatic hydroxyl groups excluding tert-OH is 2. The standard InChI is InChI=1S/C41H75N9O12S/c1-12-13-27(41(61)62)47-35(55)26(14-15-63-11)46-40(60)33(25(10)52)50-38(58)30(18-22(6)7)48-37(57)28(16-20(2)3)45-31(53)19-43-34(54)23(8)44-36(56)29(17-21(4)5)49-39(59)32(42)24(9)51/h20-30,32-33,51-52H,12-19,42H2,1-11H3,(H,43,54)(H,44,56)(H,45,53)(H,46,60)(H,47,55)(H,48,57)(H,49,59)(H,50,58)(H,61,62)/t23-,24+,25+,26-,27-,28-,29-,30-,32-,33-/m0/s1. The van der Waals surface area contributed by atoms with Gasteiger partial charge in [0.15, 0.2) is 0 Å². The van der Waals surface area contributed by atoms with Crippen molar-refractivity contribution in [1.82, 2.24) is 42.5 Å². The smallest absolute Gasteiger partial charge is 0.326 e. The van der Waals surface area contributed by atoms with Gasteiger partial charge in [0.2, 0.25) is 47.3 Å². The quantitative estimate of drug-likeness (QED) is 0.0386. The molecule has 362 valence electrons. The Morgan fingerprint density at radius 3 is 1.40 bits per heavy atom. The molecular weight excluding hydrogens is 843 g/mol. The van der Waals surface area contributed by atoms with Crippen LogP contribution in [0.1, 0.15) is 108 Å². The Morgan fingerprint density at radius 2 is 0.952 bits per heavy atom. The van der Waals surface area contributed by atoms with Gasteiger partial charge in [-0.05, 0) is 82.6 Å². The van der Waals surface area contributed by atoms with Gasteiger partial charge in [0.05, 0.1) is 18.8 Å². The van der Waals surface area contributed by atoms with E-state index in [1.807, 2.05) is 13.8 Å². The summed E-state index contributed by atoms with van der Waals surface area (Å²) in [5.41, 5.74) is 5.70. The lowest BCUT2D eigenvalue weighted by Gasteiger charge is -2.29. The summed E-state index contributed by atoms with van der Waals surface area (Å²) in [6.07, 6.45) is 0.292. The molecule has 0 bridgehead atoms. The number of aliphatic carboxylic acids is 1. The largest absolute Gasteiger partial charge is 0.480 e. The number of hydrogen-bond donors (Lipinski definition) is 12. The second kappa shape index (κ2) is 29.8. The van der Waals surface area contributed by atoms with Crippen LogP contribution in [0, 0.1) is 17.8 Å². The van der Waals surface area contributed by atoms with Crippen LogP contribution < -0.4 is 48.3 Å². The first-order valence-corrected chi connectivity index (χ1v) is 22.9. The van der Waals surface area contributed by atoms with Crippen LogP contribution in [-0.2, 0) is 43.2 Å². The molecule has 0 unspecified atom stereocenters. The molecule has 0 aromatic carbocycles. The molecule has 10 atom stereocenters. The second-order valence-corrected chi connectivity index (χ2v) is 18.1. The van der Waals surface area contributed by atoms with Crippen LogP contribution in [0.4, 0.5) is 0 Å². The molecule has 0 aromatic rings. The Morgan fingerprint density at radius 1 is 0.524 bits per heavy atom. The third kappa shape index (κ3) is 23.1. The van der Waals surface area contributed by atoms with Gasteiger partial charge in [-0.25, -0.2) is 4.79 Å². The number of hydrogen-bond acceptors (Lipinski definition) is 13. The zero-order valence-electron chi connectivity index (χ0n) is 38.7. The summed E-state index contributed by atoms with van der Waals surface area (Å²) in [5, 5.41) is 49.8. The van der Waals surface area contributed by atoms with Crippen molar-refractivity contribution >= 4 is 65.0 Å². The van der Waals surface area contributed by atoms with Gasteiger partial charge >= 0.3 is 5.97 Å². The molecule has 0 rings (SSSR count). The maximum absolute atomic E-state index is 13.7. The minimum Gasteiger partial charge on any atom is -0.480 e. The number of aliphatic hydroxyl groups is 2. The molecule has 0 heterocycles. The summed E-state index contributed by atoms with van der Waals surface area (Å²) in [4.78, 5) is 117. The molecule has 0 saturated carbocycles. The molecule has 0 aromatic heterocycles. The monoisotopic (exact) mass is 918 g/mol. The highest BCUT2D eigenvalue weighted by molar-refractivity contribution is 7.98. The van der Waals surface area contributed by atoms with E-state index in [4.69, 9.17) is 5.73 Å². The fourth-order valence-electron chi connectivity index (χ4n) is 6.06. The van der Waals surface area contributed by atoms with Crippen molar-refractivity contribution in [1.29, 1.82) is 0 Å². The maximum Gasteiger partial charge on any atom is 0.326 e. The average Bonchev–Trinajstić information content (AvgIpc) is 3.17. The summed E-state index contributed by atoms with van der Waals surface area (Å²) < 4.78 is 0. The van der Waals surface area contributed by atoms with E-state index in [0.29, 0.717) is 12.2 Å². The van der Waals surface area contributed by atoms with Gasteiger partial charge in [-0.3, -0.25) is 38.4 Å². The molecular formula is C41H75N9O12S. The molecule has 0 fully saturated rings. The number of nitrogens with one attached hydrogen (secondary N) is 8. The van der Waals surface area contributed by atoms with Crippen molar-refractivity contribution < 1.29 is 58.5 Å². The van der Waals surface area contributed by atoms with Gasteiger partial charge < -0.3 is 63.6 Å². The highest BCUT2D eigenvalue weighted by Crippen LogP contribution is 2.11. The van der Waals surface area contributed by atoms with Crippen molar-refractivity contribution in [2.45, 2.75) is 168 Å². The molecule has 0 saturated heterocycles. The van der Waals surface area contributed by atoms with E-state index in [9.17, 15) is 58.5 Å². The number of carbonyl (C=O) groups is 9.